The summed E-state index contributed by atoms with van der Waals surface area (Å²) in [4.78, 5) is 25.1. The Morgan fingerprint density at radius 1 is 1.33 bits per heavy atom. The van der Waals surface area contributed by atoms with E-state index in [0.29, 0.717) is 17.2 Å². The maximum absolute atomic E-state index is 12.2. The highest BCUT2D eigenvalue weighted by Gasteiger charge is 2.23. The van der Waals surface area contributed by atoms with Crippen molar-refractivity contribution in [2.24, 2.45) is 5.92 Å². The van der Waals surface area contributed by atoms with Crippen LogP contribution in [-0.4, -0.2) is 18.5 Å². The Bertz CT molecular complexity index is 629. The van der Waals surface area contributed by atoms with Crippen LogP contribution in [0, 0.1) is 5.92 Å². The number of ether oxygens (including phenoxy) is 1. The Morgan fingerprint density at radius 2 is 2.10 bits per heavy atom. The minimum Gasteiger partial charge on any atom is -0.462 e. The maximum Gasteiger partial charge on any atom is 0.341 e. The number of hydrogen-bond donors (Lipinski definition) is 1. The van der Waals surface area contributed by atoms with Gasteiger partial charge in [-0.05, 0) is 18.4 Å². The quantitative estimate of drug-likeness (QED) is 0.837. The molecule has 0 aliphatic rings. The van der Waals surface area contributed by atoms with Gasteiger partial charge in [0.15, 0.2) is 0 Å². The molecule has 0 atom stereocenters. The van der Waals surface area contributed by atoms with E-state index in [4.69, 9.17) is 4.74 Å². The molecular weight excluding hydrogens is 306 g/mol. The van der Waals surface area contributed by atoms with Gasteiger partial charge in [0.2, 0.25) is 5.91 Å². The molecule has 2 aromatic rings. The predicted octanol–water partition coefficient (Wildman–Crippen LogP) is 4.25. The number of carbonyl (C=O) groups is 2. The van der Waals surface area contributed by atoms with Crippen molar-refractivity contribution >= 4 is 39.6 Å². The lowest BCUT2D eigenvalue weighted by molar-refractivity contribution is -0.118. The second-order valence-corrected chi connectivity index (χ2v) is 6.52. The van der Waals surface area contributed by atoms with Gasteiger partial charge in [-0.3, -0.25) is 4.79 Å². The van der Waals surface area contributed by atoms with E-state index in [9.17, 15) is 9.59 Å². The Labute approximate surface area is 131 Å². The molecule has 1 N–H and O–H groups in total. The van der Waals surface area contributed by atoms with E-state index in [1.54, 1.807) is 18.3 Å². The second kappa shape index (κ2) is 6.87. The van der Waals surface area contributed by atoms with E-state index in [0.717, 1.165) is 10.4 Å². The van der Waals surface area contributed by atoms with E-state index in [1.165, 1.54) is 11.3 Å². The standard InChI is InChI=1S/C15H17NO3S2/c1-4-19-15(18)12-10(11-6-5-7-20-11)8-21-14(12)16-13(17)9(2)3/h5-9H,4H2,1-3H3,(H,16,17). The molecule has 2 heterocycles. The van der Waals surface area contributed by atoms with Crippen molar-refractivity contribution in [1.29, 1.82) is 0 Å². The monoisotopic (exact) mass is 323 g/mol. The molecule has 0 bridgehead atoms. The fourth-order valence-corrected chi connectivity index (χ4v) is 3.50. The fourth-order valence-electron chi connectivity index (χ4n) is 1.73. The van der Waals surface area contributed by atoms with Gasteiger partial charge in [0.05, 0.1) is 6.61 Å². The van der Waals surface area contributed by atoms with Crippen LogP contribution in [0.5, 0.6) is 0 Å². The summed E-state index contributed by atoms with van der Waals surface area (Å²) in [6.07, 6.45) is 0. The topological polar surface area (TPSA) is 55.4 Å². The lowest BCUT2D eigenvalue weighted by atomic mass is 10.1. The average Bonchev–Trinajstić information content (AvgIpc) is 3.06. The zero-order chi connectivity index (χ0) is 15.4. The first-order chi connectivity index (χ1) is 10.0. The van der Waals surface area contributed by atoms with Crippen molar-refractivity contribution in [2.75, 3.05) is 11.9 Å². The molecule has 6 heteroatoms. The van der Waals surface area contributed by atoms with Crippen LogP contribution >= 0.6 is 22.7 Å². The summed E-state index contributed by atoms with van der Waals surface area (Å²) >= 11 is 2.90. The SMILES string of the molecule is CCOC(=O)c1c(-c2cccs2)csc1NC(=O)C(C)C. The molecule has 0 saturated carbocycles. The summed E-state index contributed by atoms with van der Waals surface area (Å²) in [7, 11) is 0. The Morgan fingerprint density at radius 3 is 2.67 bits per heavy atom. The number of hydrogen-bond acceptors (Lipinski definition) is 5. The molecule has 0 saturated heterocycles. The van der Waals surface area contributed by atoms with Crippen LogP contribution in [0.2, 0.25) is 0 Å². The van der Waals surface area contributed by atoms with Gasteiger partial charge in [-0.25, -0.2) is 4.79 Å². The van der Waals surface area contributed by atoms with Crippen LogP contribution in [0.25, 0.3) is 10.4 Å². The van der Waals surface area contributed by atoms with Gasteiger partial charge in [-0.1, -0.05) is 19.9 Å². The molecule has 0 radical (unpaired) electrons. The number of nitrogens with one attached hydrogen (secondary N) is 1. The summed E-state index contributed by atoms with van der Waals surface area (Å²) in [6, 6.07) is 3.88. The largest absolute Gasteiger partial charge is 0.462 e. The van der Waals surface area contributed by atoms with Crippen molar-refractivity contribution < 1.29 is 14.3 Å². The molecule has 2 aromatic heterocycles. The van der Waals surface area contributed by atoms with Gasteiger partial charge >= 0.3 is 5.97 Å². The number of esters is 1. The van der Waals surface area contributed by atoms with Crippen LogP contribution in [0.3, 0.4) is 0 Å². The van der Waals surface area contributed by atoms with Crippen LogP contribution < -0.4 is 5.32 Å². The number of carbonyl (C=O) groups excluding carboxylic acids is 2. The molecule has 0 aromatic carbocycles. The highest BCUT2D eigenvalue weighted by molar-refractivity contribution is 7.17. The third kappa shape index (κ3) is 3.51. The molecule has 0 unspecified atom stereocenters. The fraction of sp³-hybridized carbons (Fsp3) is 0.333. The molecule has 0 aliphatic carbocycles. The van der Waals surface area contributed by atoms with E-state index >= 15 is 0 Å². The van der Waals surface area contributed by atoms with Crippen molar-refractivity contribution in [2.45, 2.75) is 20.8 Å². The van der Waals surface area contributed by atoms with Crippen LogP contribution in [0.4, 0.5) is 5.00 Å². The maximum atomic E-state index is 12.2. The lowest BCUT2D eigenvalue weighted by Crippen LogP contribution is -2.19. The molecule has 0 spiro atoms. The number of anilines is 1. The van der Waals surface area contributed by atoms with Crippen molar-refractivity contribution in [3.8, 4) is 10.4 Å². The lowest BCUT2D eigenvalue weighted by Gasteiger charge is -2.09. The summed E-state index contributed by atoms with van der Waals surface area (Å²) in [5, 5.41) is 7.20. The molecule has 4 nitrogen and oxygen atoms in total. The normalized spacial score (nSPS) is 10.7. The molecule has 1 amide bonds. The van der Waals surface area contributed by atoms with Gasteiger partial charge in [0, 0.05) is 21.7 Å². The van der Waals surface area contributed by atoms with Crippen molar-refractivity contribution in [3.05, 3.63) is 28.5 Å². The first-order valence-corrected chi connectivity index (χ1v) is 8.43. The van der Waals surface area contributed by atoms with Gasteiger partial charge in [0.1, 0.15) is 10.6 Å². The van der Waals surface area contributed by atoms with E-state index < -0.39 is 5.97 Å². The number of thiophene rings is 2. The average molecular weight is 323 g/mol. The van der Waals surface area contributed by atoms with Crippen LogP contribution in [0.15, 0.2) is 22.9 Å². The zero-order valence-corrected chi connectivity index (χ0v) is 13.8. The molecule has 0 fully saturated rings. The number of amides is 1. The summed E-state index contributed by atoms with van der Waals surface area (Å²) < 4.78 is 5.13. The van der Waals surface area contributed by atoms with Gasteiger partial charge in [-0.15, -0.1) is 22.7 Å². The van der Waals surface area contributed by atoms with Crippen LogP contribution in [0.1, 0.15) is 31.1 Å². The first-order valence-electron chi connectivity index (χ1n) is 6.68. The minimum absolute atomic E-state index is 0.111. The van der Waals surface area contributed by atoms with E-state index in [-0.39, 0.29) is 11.8 Å². The second-order valence-electron chi connectivity index (χ2n) is 4.70. The highest BCUT2D eigenvalue weighted by atomic mass is 32.1. The third-order valence-corrected chi connectivity index (χ3v) is 4.62. The zero-order valence-electron chi connectivity index (χ0n) is 12.1. The first kappa shape index (κ1) is 15.7. The van der Waals surface area contributed by atoms with E-state index in [1.807, 2.05) is 36.7 Å². The van der Waals surface area contributed by atoms with E-state index in [2.05, 4.69) is 5.32 Å². The summed E-state index contributed by atoms with van der Waals surface area (Å²) in [5.41, 5.74) is 1.26. The van der Waals surface area contributed by atoms with Crippen LogP contribution in [-0.2, 0) is 9.53 Å². The molecule has 0 aliphatic heterocycles. The summed E-state index contributed by atoms with van der Waals surface area (Å²) in [6.45, 7) is 5.69. The Hall–Kier alpha value is -1.66. The molecule has 2 rings (SSSR count). The molecule has 112 valence electrons. The third-order valence-electron chi connectivity index (χ3n) is 2.82. The Balaban J connectivity index is 2.41. The van der Waals surface area contributed by atoms with Crippen molar-refractivity contribution in [3.63, 3.8) is 0 Å². The van der Waals surface area contributed by atoms with Crippen molar-refractivity contribution in [1.82, 2.24) is 0 Å². The minimum atomic E-state index is -0.402. The summed E-state index contributed by atoms with van der Waals surface area (Å²) in [5.74, 6) is -0.659. The Kier molecular flexibility index (Phi) is 5.14. The number of rotatable bonds is 5. The smallest absolute Gasteiger partial charge is 0.341 e. The van der Waals surface area contributed by atoms with Gasteiger partial charge < -0.3 is 10.1 Å². The highest BCUT2D eigenvalue weighted by Crippen LogP contribution is 2.38. The van der Waals surface area contributed by atoms with Gasteiger partial charge in [0.25, 0.3) is 0 Å². The predicted molar refractivity (Wildman–Crippen MR) is 87.1 cm³/mol. The van der Waals surface area contributed by atoms with Gasteiger partial charge in [-0.2, -0.15) is 0 Å². The molecular formula is C15H17NO3S2. The molecule has 21 heavy (non-hydrogen) atoms.